The van der Waals surface area contributed by atoms with Crippen molar-refractivity contribution in [2.24, 2.45) is 0 Å². The molecule has 8 heteroatoms. The van der Waals surface area contributed by atoms with Crippen molar-refractivity contribution in [2.45, 2.75) is 4.90 Å². The molecule has 0 atom stereocenters. The van der Waals surface area contributed by atoms with E-state index in [1.54, 1.807) is 18.2 Å². The molecule has 1 aromatic rings. The van der Waals surface area contributed by atoms with Crippen LogP contribution in [-0.2, 0) is 10.1 Å². The molecule has 0 aliphatic rings. The maximum absolute atomic E-state index is 10.4. The van der Waals surface area contributed by atoms with Crippen molar-refractivity contribution in [3.8, 4) is 0 Å². The zero-order chi connectivity index (χ0) is 11.2. The van der Waals surface area contributed by atoms with E-state index in [0.29, 0.717) is 0 Å². The molecule has 0 saturated carbocycles. The van der Waals surface area contributed by atoms with Crippen molar-refractivity contribution in [3.63, 3.8) is 0 Å². The number of hydrogen-bond donors (Lipinski definition) is 3. The van der Waals surface area contributed by atoms with Crippen LogP contribution < -0.4 is 29.6 Å². The molecule has 0 bridgehead atoms. The molecule has 3 N–H and O–H groups in total. The van der Waals surface area contributed by atoms with Gasteiger partial charge < -0.3 is 11.6 Å². The van der Waals surface area contributed by atoms with Crippen LogP contribution in [0.4, 0.5) is 4.79 Å². The molecular formula is C7H9NaO6S. The Bertz CT molecular complexity index is 389. The minimum atomic E-state index is -4.00. The van der Waals surface area contributed by atoms with E-state index in [4.69, 9.17) is 19.6 Å². The van der Waals surface area contributed by atoms with Crippen molar-refractivity contribution in [3.05, 3.63) is 30.3 Å². The summed E-state index contributed by atoms with van der Waals surface area (Å²) in [5.74, 6) is 0. The van der Waals surface area contributed by atoms with Crippen molar-refractivity contribution >= 4 is 16.3 Å². The number of hydrogen-bond acceptors (Lipinski definition) is 3. The Hall–Kier alpha value is -0.600. The molecule has 1 aromatic carbocycles. The molecule has 6 nitrogen and oxygen atoms in total. The first-order valence-corrected chi connectivity index (χ1v) is 4.72. The summed E-state index contributed by atoms with van der Waals surface area (Å²) in [6.07, 6.45) is -1.83. The fraction of sp³-hybridized carbons (Fsp3) is 0. The van der Waals surface area contributed by atoms with Gasteiger partial charge in [-0.05, 0) is 12.1 Å². The smallest absolute Gasteiger partial charge is 1.00 e. The van der Waals surface area contributed by atoms with Gasteiger partial charge >= 0.3 is 35.7 Å². The van der Waals surface area contributed by atoms with Gasteiger partial charge in [0, 0.05) is 0 Å². The van der Waals surface area contributed by atoms with Crippen molar-refractivity contribution in [2.75, 3.05) is 0 Å². The zero-order valence-electron chi connectivity index (χ0n) is 8.86. The van der Waals surface area contributed by atoms with Crippen LogP contribution in [0.3, 0.4) is 0 Å². The molecule has 0 fully saturated rings. The van der Waals surface area contributed by atoms with Crippen molar-refractivity contribution in [1.82, 2.24) is 0 Å². The topological polar surface area (TPSA) is 112 Å². The number of rotatable bonds is 1. The second kappa shape index (κ2) is 7.66. The van der Waals surface area contributed by atoms with Crippen LogP contribution >= 0.6 is 0 Å². The van der Waals surface area contributed by atoms with Gasteiger partial charge in [-0.1, -0.05) is 18.2 Å². The second-order valence-electron chi connectivity index (χ2n) is 2.07. The molecule has 1 rings (SSSR count). The summed E-state index contributed by atoms with van der Waals surface area (Å²) in [5.41, 5.74) is 0. The van der Waals surface area contributed by atoms with Crippen LogP contribution in [0.15, 0.2) is 35.2 Å². The number of carbonyl (C=O) groups is 1. The molecule has 0 spiro atoms. The predicted molar refractivity (Wildman–Crippen MR) is 48.0 cm³/mol. The fourth-order valence-corrected chi connectivity index (χ4v) is 1.09. The van der Waals surface area contributed by atoms with Crippen LogP contribution in [0.1, 0.15) is 1.43 Å². The minimum Gasteiger partial charge on any atom is -1.00 e. The van der Waals surface area contributed by atoms with E-state index in [2.05, 4.69) is 0 Å². The van der Waals surface area contributed by atoms with Crippen molar-refractivity contribution < 1.29 is 59.0 Å². The standard InChI is InChI=1S/C6H6O3S.CH2O3.Na.H/c7-10(8,9)6-4-2-1-3-5-6;2-1(3)4;;/h1-5H,(H,7,8,9);(H2,2,3,4);;/q;;+1;-1. The molecule has 0 aliphatic heterocycles. The molecule has 0 unspecified atom stereocenters. The van der Waals surface area contributed by atoms with E-state index in [1.807, 2.05) is 0 Å². The molecule has 0 aromatic heterocycles. The Labute approximate surface area is 110 Å². The summed E-state index contributed by atoms with van der Waals surface area (Å²) >= 11 is 0. The second-order valence-corrected chi connectivity index (χ2v) is 3.49. The van der Waals surface area contributed by atoms with Crippen LogP contribution in [0, 0.1) is 0 Å². The Balaban J connectivity index is -0.000000249. The molecule has 0 amide bonds. The van der Waals surface area contributed by atoms with Crippen LogP contribution in [0.5, 0.6) is 0 Å². The Kier molecular flexibility index (Phi) is 8.59. The number of benzene rings is 1. The summed E-state index contributed by atoms with van der Waals surface area (Å²) in [6.45, 7) is 0. The van der Waals surface area contributed by atoms with Gasteiger partial charge in [0.2, 0.25) is 0 Å². The quantitative estimate of drug-likeness (QED) is 0.400. The monoisotopic (exact) mass is 244 g/mol. The van der Waals surface area contributed by atoms with Gasteiger partial charge in [-0.3, -0.25) is 4.55 Å². The summed E-state index contributed by atoms with van der Waals surface area (Å²) in [6, 6.07) is 7.42. The van der Waals surface area contributed by atoms with Gasteiger partial charge in [0.15, 0.2) is 0 Å². The van der Waals surface area contributed by atoms with Crippen LogP contribution in [0.25, 0.3) is 0 Å². The SMILES string of the molecule is O=C(O)O.O=S(=O)(O)c1ccccc1.[H-].[Na+]. The van der Waals surface area contributed by atoms with Gasteiger partial charge in [0.1, 0.15) is 0 Å². The summed E-state index contributed by atoms with van der Waals surface area (Å²) < 4.78 is 29.2. The van der Waals surface area contributed by atoms with Gasteiger partial charge in [-0.25, -0.2) is 4.79 Å². The minimum absolute atomic E-state index is 0. The third-order valence-electron chi connectivity index (χ3n) is 1.04. The van der Waals surface area contributed by atoms with E-state index < -0.39 is 16.3 Å². The van der Waals surface area contributed by atoms with E-state index in [1.165, 1.54) is 12.1 Å². The molecular weight excluding hydrogens is 235 g/mol. The molecule has 0 saturated heterocycles. The zero-order valence-corrected chi connectivity index (χ0v) is 10.7. The predicted octanol–water partition coefficient (Wildman–Crippen LogP) is -1.73. The average molecular weight is 244 g/mol. The summed E-state index contributed by atoms with van der Waals surface area (Å²) in [5, 5.41) is 13.9. The first-order chi connectivity index (χ1) is 6.34. The maximum Gasteiger partial charge on any atom is 1.00 e. The average Bonchev–Trinajstić information content (AvgIpc) is 2.03. The third kappa shape index (κ3) is 9.70. The third-order valence-corrected chi connectivity index (χ3v) is 1.91. The van der Waals surface area contributed by atoms with Crippen LogP contribution in [0.2, 0.25) is 0 Å². The molecule has 0 aliphatic carbocycles. The van der Waals surface area contributed by atoms with E-state index in [0.717, 1.165) is 0 Å². The normalized spacial score (nSPS) is 9.13. The Morgan fingerprint density at radius 3 is 1.67 bits per heavy atom. The van der Waals surface area contributed by atoms with Gasteiger partial charge in [0.05, 0.1) is 4.90 Å². The van der Waals surface area contributed by atoms with Gasteiger partial charge in [-0.15, -0.1) is 0 Å². The molecule has 0 radical (unpaired) electrons. The first-order valence-electron chi connectivity index (χ1n) is 3.28. The first kappa shape index (κ1) is 16.8. The molecule has 15 heavy (non-hydrogen) atoms. The van der Waals surface area contributed by atoms with Crippen molar-refractivity contribution in [1.29, 1.82) is 0 Å². The summed E-state index contributed by atoms with van der Waals surface area (Å²) in [4.78, 5) is 8.48. The fourth-order valence-electron chi connectivity index (χ4n) is 0.592. The Morgan fingerprint density at radius 1 is 1.13 bits per heavy atom. The van der Waals surface area contributed by atoms with Gasteiger partial charge in [0.25, 0.3) is 10.1 Å². The van der Waals surface area contributed by atoms with E-state index >= 15 is 0 Å². The molecule has 80 valence electrons. The van der Waals surface area contributed by atoms with E-state index in [9.17, 15) is 8.42 Å². The number of carboxylic acid groups (broad SMARTS) is 2. The Morgan fingerprint density at radius 2 is 1.47 bits per heavy atom. The van der Waals surface area contributed by atoms with Crippen LogP contribution in [-0.4, -0.2) is 29.3 Å². The van der Waals surface area contributed by atoms with Gasteiger partial charge in [-0.2, -0.15) is 8.42 Å². The maximum atomic E-state index is 10.4. The molecule has 0 heterocycles. The largest absolute Gasteiger partial charge is 1.00 e. The van der Waals surface area contributed by atoms with E-state index in [-0.39, 0.29) is 35.9 Å². The summed E-state index contributed by atoms with van der Waals surface area (Å²) in [7, 11) is -4.00.